The Hall–Kier alpha value is -0.330. The van der Waals surface area contributed by atoms with Crippen LogP contribution >= 0.6 is 0 Å². The van der Waals surface area contributed by atoms with Gasteiger partial charge in [0.1, 0.15) is 18.3 Å². The van der Waals surface area contributed by atoms with Crippen molar-refractivity contribution in [1.82, 2.24) is 0 Å². The molecule has 2 aliphatic heterocycles. The van der Waals surface area contributed by atoms with Gasteiger partial charge in [-0.2, -0.15) is 8.42 Å². The summed E-state index contributed by atoms with van der Waals surface area (Å²) in [6, 6.07) is 0. The second-order valence-corrected chi connectivity index (χ2v) is 4.64. The Morgan fingerprint density at radius 1 is 1.31 bits per heavy atom. The lowest BCUT2D eigenvalue weighted by Crippen LogP contribution is -2.65. The summed E-state index contributed by atoms with van der Waals surface area (Å²) in [6.45, 7) is -0.686. The van der Waals surface area contributed by atoms with E-state index in [4.69, 9.17) is 9.84 Å². The van der Waals surface area contributed by atoms with Crippen LogP contribution in [0.5, 0.6) is 0 Å². The fourth-order valence-corrected chi connectivity index (χ4v) is 2.49. The third kappa shape index (κ3) is 1.63. The molecular formula is C6H10O9S. The molecule has 2 heterocycles. The molecule has 0 aromatic carbocycles. The van der Waals surface area contributed by atoms with Gasteiger partial charge in [-0.15, -0.1) is 0 Å². The summed E-state index contributed by atoms with van der Waals surface area (Å²) in [4.78, 5) is 0. The van der Waals surface area contributed by atoms with Crippen LogP contribution in [0, 0.1) is 0 Å². The molecular weight excluding hydrogens is 248 g/mol. The highest BCUT2D eigenvalue weighted by molar-refractivity contribution is 7.82. The SMILES string of the molecule is O=S1(=O)OC2O[C@H](CO)[C@H](O)[C@H](O)[C@@]2(O)O1. The first kappa shape index (κ1) is 12.1. The van der Waals surface area contributed by atoms with E-state index in [1.165, 1.54) is 0 Å². The zero-order valence-corrected chi connectivity index (χ0v) is 8.57. The largest absolute Gasteiger partial charge is 0.405 e. The van der Waals surface area contributed by atoms with Crippen molar-refractivity contribution in [3.05, 3.63) is 0 Å². The van der Waals surface area contributed by atoms with Crippen molar-refractivity contribution in [3.8, 4) is 0 Å². The van der Waals surface area contributed by atoms with E-state index < -0.39 is 47.4 Å². The molecule has 0 saturated carbocycles. The second-order valence-electron chi connectivity index (χ2n) is 3.46. The van der Waals surface area contributed by atoms with E-state index in [1.807, 2.05) is 0 Å². The van der Waals surface area contributed by atoms with Crippen LogP contribution in [0.25, 0.3) is 0 Å². The van der Waals surface area contributed by atoms with Crippen molar-refractivity contribution in [1.29, 1.82) is 0 Å². The quantitative estimate of drug-likeness (QED) is 0.375. The monoisotopic (exact) mass is 258 g/mol. The van der Waals surface area contributed by atoms with Crippen LogP contribution in [-0.4, -0.2) is 65.8 Å². The second kappa shape index (κ2) is 3.58. The maximum Gasteiger partial charge on any atom is 0.405 e. The van der Waals surface area contributed by atoms with Gasteiger partial charge < -0.3 is 25.2 Å². The molecule has 94 valence electrons. The van der Waals surface area contributed by atoms with E-state index >= 15 is 0 Å². The molecule has 2 saturated heterocycles. The normalized spacial score (nSPS) is 51.2. The lowest BCUT2D eigenvalue weighted by molar-refractivity contribution is -0.354. The fraction of sp³-hybridized carbons (Fsp3) is 1.00. The van der Waals surface area contributed by atoms with E-state index in [0.29, 0.717) is 0 Å². The standard InChI is InChI=1S/C6H10O9S/c7-1-2-3(8)4(9)6(10)5(13-2)14-16(11,12)15-6/h2-5,7-10H,1H2/t2-,3+,4+,5?,6-/m1/s1. The van der Waals surface area contributed by atoms with Crippen LogP contribution in [0.1, 0.15) is 0 Å². The molecule has 2 rings (SSSR count). The summed E-state index contributed by atoms with van der Waals surface area (Å²) in [5.41, 5.74) is 0. The average molecular weight is 258 g/mol. The third-order valence-electron chi connectivity index (χ3n) is 2.39. The van der Waals surface area contributed by atoms with Crippen LogP contribution in [0.15, 0.2) is 0 Å². The number of rotatable bonds is 1. The summed E-state index contributed by atoms with van der Waals surface area (Å²) in [5.74, 6) is -2.70. The van der Waals surface area contributed by atoms with Gasteiger partial charge in [-0.1, -0.05) is 0 Å². The number of aliphatic hydroxyl groups is 4. The van der Waals surface area contributed by atoms with Crippen molar-refractivity contribution < 1.29 is 41.9 Å². The van der Waals surface area contributed by atoms with Crippen molar-refractivity contribution in [2.75, 3.05) is 6.61 Å². The predicted octanol–water partition coefficient (Wildman–Crippen LogP) is -3.59. The van der Waals surface area contributed by atoms with Crippen LogP contribution in [0.3, 0.4) is 0 Å². The molecule has 0 amide bonds. The van der Waals surface area contributed by atoms with E-state index in [0.717, 1.165) is 0 Å². The maximum atomic E-state index is 10.9. The van der Waals surface area contributed by atoms with Gasteiger partial charge in [-0.05, 0) is 0 Å². The molecule has 0 bridgehead atoms. The Kier molecular flexibility index (Phi) is 2.72. The van der Waals surface area contributed by atoms with Gasteiger partial charge in [0.05, 0.1) is 6.61 Å². The Bertz CT molecular complexity index is 379. The van der Waals surface area contributed by atoms with Crippen molar-refractivity contribution in [3.63, 3.8) is 0 Å². The average Bonchev–Trinajstić information content (AvgIpc) is 2.43. The molecule has 2 aliphatic rings. The van der Waals surface area contributed by atoms with Crippen LogP contribution in [0.4, 0.5) is 0 Å². The van der Waals surface area contributed by atoms with E-state index in [-0.39, 0.29) is 0 Å². The molecule has 9 nitrogen and oxygen atoms in total. The summed E-state index contributed by atoms with van der Waals surface area (Å²) in [5, 5.41) is 37.3. The first-order chi connectivity index (χ1) is 7.30. The van der Waals surface area contributed by atoms with Gasteiger partial charge in [-0.25, -0.2) is 8.37 Å². The molecule has 0 aromatic rings. The summed E-state index contributed by atoms with van der Waals surface area (Å²) in [6.07, 6.45) is -6.80. The summed E-state index contributed by atoms with van der Waals surface area (Å²) >= 11 is 0. The van der Waals surface area contributed by atoms with Gasteiger partial charge in [0, 0.05) is 0 Å². The van der Waals surface area contributed by atoms with Gasteiger partial charge >= 0.3 is 10.4 Å². The minimum absolute atomic E-state index is 0.686. The first-order valence-corrected chi connectivity index (χ1v) is 5.62. The molecule has 0 spiro atoms. The summed E-state index contributed by atoms with van der Waals surface area (Å²) in [7, 11) is -4.50. The minimum Gasteiger partial charge on any atom is -0.394 e. The third-order valence-corrected chi connectivity index (χ3v) is 3.27. The lowest BCUT2D eigenvalue weighted by atomic mass is 9.96. The Morgan fingerprint density at radius 3 is 2.50 bits per heavy atom. The first-order valence-electron chi connectivity index (χ1n) is 4.29. The van der Waals surface area contributed by atoms with Gasteiger partial charge in [0.25, 0.3) is 5.79 Å². The predicted molar refractivity (Wildman–Crippen MR) is 43.8 cm³/mol. The van der Waals surface area contributed by atoms with E-state index in [9.17, 15) is 23.7 Å². The van der Waals surface area contributed by atoms with Gasteiger partial charge in [0.2, 0.25) is 6.29 Å². The summed E-state index contributed by atoms with van der Waals surface area (Å²) < 4.78 is 34.9. The zero-order chi connectivity index (χ0) is 12.1. The van der Waals surface area contributed by atoms with Crippen molar-refractivity contribution in [2.24, 2.45) is 0 Å². The zero-order valence-electron chi connectivity index (χ0n) is 7.75. The van der Waals surface area contributed by atoms with Gasteiger partial charge in [-0.3, -0.25) is 0 Å². The Morgan fingerprint density at radius 2 is 1.94 bits per heavy atom. The molecule has 0 aliphatic carbocycles. The highest BCUT2D eigenvalue weighted by Gasteiger charge is 2.64. The van der Waals surface area contributed by atoms with E-state index in [2.05, 4.69) is 8.37 Å². The smallest absolute Gasteiger partial charge is 0.394 e. The van der Waals surface area contributed by atoms with E-state index in [1.54, 1.807) is 0 Å². The minimum atomic E-state index is -4.50. The molecule has 1 unspecified atom stereocenters. The highest BCUT2D eigenvalue weighted by atomic mass is 32.3. The van der Waals surface area contributed by atoms with Crippen LogP contribution < -0.4 is 0 Å². The fourth-order valence-electron chi connectivity index (χ4n) is 1.55. The molecule has 16 heavy (non-hydrogen) atoms. The molecule has 0 radical (unpaired) electrons. The molecule has 4 N–H and O–H groups in total. The Balaban J connectivity index is 2.33. The van der Waals surface area contributed by atoms with Crippen LogP contribution in [0.2, 0.25) is 0 Å². The number of hydrogen-bond acceptors (Lipinski definition) is 9. The molecule has 10 heteroatoms. The van der Waals surface area contributed by atoms with Crippen molar-refractivity contribution >= 4 is 10.4 Å². The lowest BCUT2D eigenvalue weighted by Gasteiger charge is -2.40. The molecule has 5 atom stereocenters. The topological polar surface area (TPSA) is 143 Å². The molecule has 2 fully saturated rings. The van der Waals surface area contributed by atoms with Crippen molar-refractivity contribution in [2.45, 2.75) is 30.4 Å². The highest BCUT2D eigenvalue weighted by Crippen LogP contribution is 2.39. The van der Waals surface area contributed by atoms with Gasteiger partial charge in [0.15, 0.2) is 0 Å². The number of hydrogen-bond donors (Lipinski definition) is 4. The molecule has 0 aromatic heterocycles. The maximum absolute atomic E-state index is 10.9. The van der Waals surface area contributed by atoms with Crippen LogP contribution in [-0.2, 0) is 23.5 Å². The Labute approximate surface area is 90.1 Å². The number of fused-ring (bicyclic) bond motifs is 1. The number of aliphatic hydroxyl groups excluding tert-OH is 3. The number of ether oxygens (including phenoxy) is 1.